The van der Waals surface area contributed by atoms with Crippen LogP contribution in [-0.2, 0) is 10.6 Å². The van der Waals surface area contributed by atoms with E-state index in [4.69, 9.17) is 5.11 Å². The lowest BCUT2D eigenvalue weighted by Gasteiger charge is -2.33. The number of nitrogens with zero attached hydrogens (tertiary/aromatic N) is 3. The van der Waals surface area contributed by atoms with Crippen LogP contribution in [0.5, 0.6) is 5.75 Å². The number of aromatic nitrogens is 1. The molecule has 132 valence electrons. The summed E-state index contributed by atoms with van der Waals surface area (Å²) in [5.41, 5.74) is 0.574. The van der Waals surface area contributed by atoms with Gasteiger partial charge in [-0.3, -0.25) is 4.90 Å². The quantitative estimate of drug-likeness (QED) is 0.403. The Labute approximate surface area is 145 Å². The number of aromatic hydroxyl groups is 1. The van der Waals surface area contributed by atoms with E-state index in [1.807, 2.05) is 0 Å². The summed E-state index contributed by atoms with van der Waals surface area (Å²) in [4.78, 5) is 30.0. The number of unbranched alkanes of at least 4 members (excludes halogenated alkanes) is 1. The summed E-state index contributed by atoms with van der Waals surface area (Å²) in [6.45, 7) is 3.49. The number of carbonyl (C=O) groups excluding carboxylic acids is 1. The van der Waals surface area contributed by atoms with Crippen LogP contribution in [0, 0.1) is 0 Å². The predicted molar refractivity (Wildman–Crippen MR) is 89.3 cm³/mol. The first kappa shape index (κ1) is 18.3. The maximum atomic E-state index is 11.4. The molecule has 0 radical (unpaired) electrons. The van der Waals surface area contributed by atoms with Crippen LogP contribution in [0.15, 0.2) is 12.1 Å². The molecule has 2 N–H and O–H groups in total. The summed E-state index contributed by atoms with van der Waals surface area (Å²) in [5.74, 6) is -1.01. The summed E-state index contributed by atoms with van der Waals surface area (Å²) in [7, 11) is 0. The molecule has 0 spiro atoms. The monoisotopic (exact) mass is 355 g/mol. The maximum absolute atomic E-state index is 11.4. The van der Waals surface area contributed by atoms with Crippen LogP contribution in [0.25, 0.3) is 0 Å². The lowest BCUT2D eigenvalue weighted by Crippen LogP contribution is -2.48. The zero-order valence-corrected chi connectivity index (χ0v) is 14.1. The Balaban J connectivity index is 1.73. The van der Waals surface area contributed by atoms with Crippen LogP contribution in [-0.4, -0.2) is 69.8 Å². The van der Waals surface area contributed by atoms with Gasteiger partial charge < -0.3 is 19.3 Å². The minimum atomic E-state index is -0.858. The molecule has 0 aromatic carbocycles. The Morgan fingerprint density at radius 1 is 1.21 bits per heavy atom. The third kappa shape index (κ3) is 5.00. The van der Waals surface area contributed by atoms with Crippen molar-refractivity contribution in [2.45, 2.75) is 19.3 Å². The largest absolute Gasteiger partial charge is 0.505 e. The molecule has 0 unspecified atom stereocenters. The number of amides is 1. The van der Waals surface area contributed by atoms with E-state index in [0.29, 0.717) is 25.2 Å². The van der Waals surface area contributed by atoms with Gasteiger partial charge in [-0.2, -0.15) is 0 Å². The van der Waals surface area contributed by atoms with Gasteiger partial charge in [0.2, 0.25) is 0 Å². The third-order valence-electron chi connectivity index (χ3n) is 4.01. The van der Waals surface area contributed by atoms with Crippen molar-refractivity contribution in [1.82, 2.24) is 14.8 Å². The number of rotatable bonds is 6. The van der Waals surface area contributed by atoms with E-state index in [1.54, 1.807) is 6.07 Å². The minimum absolute atomic E-state index is 0.132. The van der Waals surface area contributed by atoms with Gasteiger partial charge in [0.15, 0.2) is 5.69 Å². The van der Waals surface area contributed by atoms with Gasteiger partial charge in [-0.1, -0.05) is 0 Å². The molecule has 1 amide bonds. The van der Waals surface area contributed by atoms with Crippen molar-refractivity contribution in [3.05, 3.63) is 23.5 Å². The summed E-state index contributed by atoms with van der Waals surface area (Å²) < 4.78 is 4.28. The molecule has 9 heteroatoms. The number of carboxylic acid groups (broad SMARTS) is 1. The first-order valence-electron chi connectivity index (χ1n) is 7.76. The van der Waals surface area contributed by atoms with Gasteiger partial charge in [0.1, 0.15) is 5.75 Å². The fraction of sp³-hybridized carbons (Fsp3) is 0.533. The van der Waals surface area contributed by atoms with E-state index in [9.17, 15) is 14.7 Å². The summed E-state index contributed by atoms with van der Waals surface area (Å²) in [5, 5.41) is 18.5. The van der Waals surface area contributed by atoms with Crippen molar-refractivity contribution in [3.63, 3.8) is 0 Å². The number of aryl methyl sites for hydroxylation is 1. The lowest BCUT2D eigenvalue weighted by atomic mass is 10.1. The van der Waals surface area contributed by atoms with Gasteiger partial charge in [0, 0.05) is 44.8 Å². The molecule has 24 heavy (non-hydrogen) atoms. The molecule has 0 bridgehead atoms. The van der Waals surface area contributed by atoms with Crippen LogP contribution in [0.2, 0.25) is 0 Å². The average molecular weight is 355 g/mol. The molecule has 0 atom stereocenters. The van der Waals surface area contributed by atoms with Gasteiger partial charge >= 0.3 is 12.1 Å². The average Bonchev–Trinajstić information content (AvgIpc) is 2.59. The maximum Gasteiger partial charge on any atom is 0.407 e. The zero-order chi connectivity index (χ0) is 17.5. The molecule has 8 nitrogen and oxygen atoms in total. The highest BCUT2D eigenvalue weighted by atomic mass is 32.1. The van der Waals surface area contributed by atoms with E-state index in [2.05, 4.69) is 27.0 Å². The Bertz CT molecular complexity index is 590. The molecule has 1 aliphatic rings. The highest BCUT2D eigenvalue weighted by Crippen LogP contribution is 2.17. The van der Waals surface area contributed by atoms with Crippen molar-refractivity contribution >= 4 is 25.0 Å². The molecule has 1 aromatic rings. The van der Waals surface area contributed by atoms with Gasteiger partial charge in [-0.15, -0.1) is 0 Å². The highest BCUT2D eigenvalue weighted by molar-refractivity contribution is 7.75. The highest BCUT2D eigenvalue weighted by Gasteiger charge is 2.19. The topological polar surface area (TPSA) is 103 Å². The normalized spacial score (nSPS) is 15.3. The molecule has 1 aliphatic heterocycles. The van der Waals surface area contributed by atoms with Crippen molar-refractivity contribution < 1.29 is 24.0 Å². The Morgan fingerprint density at radius 2 is 1.92 bits per heavy atom. The van der Waals surface area contributed by atoms with E-state index >= 15 is 0 Å². The van der Waals surface area contributed by atoms with Crippen molar-refractivity contribution in [3.8, 4) is 5.75 Å². The van der Waals surface area contributed by atoms with Crippen molar-refractivity contribution in [2.75, 3.05) is 32.7 Å². The summed E-state index contributed by atoms with van der Waals surface area (Å²) >= 11 is 3.43. The Morgan fingerprint density at radius 3 is 2.54 bits per heavy atom. The van der Waals surface area contributed by atoms with Crippen LogP contribution in [0.3, 0.4) is 0 Å². The molecular formula is C15H21N3O5S. The number of carbonyl (C=O) groups is 2. The van der Waals surface area contributed by atoms with Gasteiger partial charge in [-0.05, 0) is 37.9 Å². The van der Waals surface area contributed by atoms with Crippen LogP contribution < -0.4 is 0 Å². The number of piperazine rings is 1. The van der Waals surface area contributed by atoms with Gasteiger partial charge in [0.25, 0.3) is 0 Å². The molecule has 1 fully saturated rings. The number of thiol groups is 1. The van der Waals surface area contributed by atoms with E-state index in [0.717, 1.165) is 32.5 Å². The molecule has 2 heterocycles. The fourth-order valence-corrected chi connectivity index (χ4v) is 2.72. The Kier molecular flexibility index (Phi) is 6.68. The summed E-state index contributed by atoms with van der Waals surface area (Å²) in [6, 6.07) is 3.10. The van der Waals surface area contributed by atoms with E-state index in [-0.39, 0.29) is 11.4 Å². The van der Waals surface area contributed by atoms with Crippen molar-refractivity contribution in [2.24, 2.45) is 0 Å². The SMILES string of the molecule is O=C(OS)c1nc(CCCCN2CCN(C(=O)O)CC2)ccc1O. The molecule has 1 saturated heterocycles. The fourth-order valence-electron chi connectivity index (χ4n) is 2.63. The van der Waals surface area contributed by atoms with E-state index < -0.39 is 12.1 Å². The second kappa shape index (κ2) is 8.74. The number of hydrogen-bond acceptors (Lipinski definition) is 7. The van der Waals surface area contributed by atoms with Gasteiger partial charge in [-0.25, -0.2) is 14.6 Å². The number of pyridine rings is 1. The standard InChI is InChI=1S/C15H21N3O5S/c19-12-5-4-11(16-13(12)14(20)23-24)3-1-2-6-17-7-9-18(10-8-17)15(21)22/h4-5,19,24H,1-3,6-10H2,(H,21,22). The smallest absolute Gasteiger partial charge is 0.407 e. The molecular weight excluding hydrogens is 334 g/mol. The van der Waals surface area contributed by atoms with Gasteiger partial charge in [0.05, 0.1) is 0 Å². The molecule has 1 aromatic heterocycles. The summed E-state index contributed by atoms with van der Waals surface area (Å²) in [6.07, 6.45) is 1.65. The number of hydrogen-bond donors (Lipinski definition) is 3. The van der Waals surface area contributed by atoms with Crippen molar-refractivity contribution in [1.29, 1.82) is 0 Å². The molecule has 0 aliphatic carbocycles. The third-order valence-corrected chi connectivity index (χ3v) is 4.17. The van der Waals surface area contributed by atoms with Crippen LogP contribution in [0.4, 0.5) is 4.79 Å². The van der Waals surface area contributed by atoms with Crippen LogP contribution in [0.1, 0.15) is 29.0 Å². The predicted octanol–water partition coefficient (Wildman–Crippen LogP) is 1.41. The Hall–Kier alpha value is -2.00. The van der Waals surface area contributed by atoms with E-state index in [1.165, 1.54) is 11.0 Å². The first-order chi connectivity index (χ1) is 11.5. The second-order valence-corrected chi connectivity index (χ2v) is 5.80. The minimum Gasteiger partial charge on any atom is -0.505 e. The second-order valence-electron chi connectivity index (χ2n) is 5.62. The van der Waals surface area contributed by atoms with Crippen LogP contribution >= 0.6 is 12.9 Å². The lowest BCUT2D eigenvalue weighted by molar-refractivity contribution is 0.0762. The first-order valence-corrected chi connectivity index (χ1v) is 8.12. The zero-order valence-electron chi connectivity index (χ0n) is 13.2. The molecule has 2 rings (SSSR count). The molecule has 0 saturated carbocycles.